The van der Waals surface area contributed by atoms with Crippen molar-refractivity contribution in [3.05, 3.63) is 59.0 Å². The van der Waals surface area contributed by atoms with Gasteiger partial charge in [0.25, 0.3) is 5.91 Å². The van der Waals surface area contributed by atoms with Gasteiger partial charge in [-0.1, -0.05) is 43.3 Å². The Hall–Kier alpha value is -2.54. The van der Waals surface area contributed by atoms with E-state index in [9.17, 15) is 4.79 Å². The Balaban J connectivity index is 1.82. The number of hydrogen-bond acceptors (Lipinski definition) is 6. The van der Waals surface area contributed by atoms with Gasteiger partial charge in [-0.25, -0.2) is 10.0 Å². The first-order valence-electron chi connectivity index (χ1n) is 8.30. The van der Waals surface area contributed by atoms with Crippen molar-refractivity contribution in [1.82, 2.24) is 10.3 Å². The molecule has 0 aliphatic carbocycles. The lowest BCUT2D eigenvalue weighted by Crippen LogP contribution is -2.50. The van der Waals surface area contributed by atoms with Crippen LogP contribution in [0.1, 0.15) is 31.7 Å². The van der Waals surface area contributed by atoms with Crippen LogP contribution in [-0.2, 0) is 4.79 Å². The van der Waals surface area contributed by atoms with Gasteiger partial charge in [-0.2, -0.15) is 0 Å². The Morgan fingerprint density at radius 3 is 2.96 bits per heavy atom. The van der Waals surface area contributed by atoms with Gasteiger partial charge < -0.3 is 4.42 Å². The Morgan fingerprint density at radius 1 is 1.28 bits per heavy atom. The smallest absolute Gasteiger partial charge is 0.276 e. The molecule has 2 aliphatic rings. The van der Waals surface area contributed by atoms with Crippen LogP contribution in [0.2, 0.25) is 0 Å². The lowest BCUT2D eigenvalue weighted by atomic mass is 10.1. The molecule has 2 aliphatic heterocycles. The number of nitrogens with one attached hydrogen (secondary N) is 1. The SMILES string of the molecule is CCCCSC1=NN2C(=c3ccccc3=NC2c2ccco2)C(=O)N1. The van der Waals surface area contributed by atoms with E-state index in [0.717, 1.165) is 29.2 Å². The molecule has 0 bridgehead atoms. The van der Waals surface area contributed by atoms with Gasteiger partial charge in [-0.15, -0.1) is 5.10 Å². The Labute approximate surface area is 149 Å². The average Bonchev–Trinajstić information content (AvgIpc) is 3.15. The summed E-state index contributed by atoms with van der Waals surface area (Å²) in [5.41, 5.74) is 0.506. The summed E-state index contributed by atoms with van der Waals surface area (Å²) in [5.74, 6) is 1.41. The number of thioether (sulfide) groups is 1. The lowest BCUT2D eigenvalue weighted by molar-refractivity contribution is -0.116. The zero-order chi connectivity index (χ0) is 17.2. The molecule has 6 nitrogen and oxygen atoms in total. The zero-order valence-electron chi connectivity index (χ0n) is 13.8. The summed E-state index contributed by atoms with van der Waals surface area (Å²) >= 11 is 1.55. The number of rotatable bonds is 4. The predicted molar refractivity (Wildman–Crippen MR) is 96.9 cm³/mol. The third-order valence-electron chi connectivity index (χ3n) is 4.05. The summed E-state index contributed by atoms with van der Waals surface area (Å²) in [4.78, 5) is 17.5. The molecule has 0 spiro atoms. The summed E-state index contributed by atoms with van der Waals surface area (Å²) in [5, 5.41) is 11.4. The average molecular weight is 354 g/mol. The summed E-state index contributed by atoms with van der Waals surface area (Å²) < 4.78 is 5.55. The predicted octanol–water partition coefficient (Wildman–Crippen LogP) is 1.96. The van der Waals surface area contributed by atoms with Gasteiger partial charge in [0.1, 0.15) is 11.5 Å². The molecule has 1 aromatic carbocycles. The molecule has 0 fully saturated rings. The van der Waals surface area contributed by atoms with Crippen LogP contribution in [0.5, 0.6) is 0 Å². The maximum Gasteiger partial charge on any atom is 0.276 e. The van der Waals surface area contributed by atoms with Crippen LogP contribution in [0.4, 0.5) is 0 Å². The third-order valence-corrected chi connectivity index (χ3v) is 5.00. The number of hydrogen-bond donors (Lipinski definition) is 1. The minimum Gasteiger partial charge on any atom is -0.465 e. The van der Waals surface area contributed by atoms with E-state index in [1.165, 1.54) is 0 Å². The number of amidine groups is 1. The van der Waals surface area contributed by atoms with Gasteiger partial charge >= 0.3 is 0 Å². The van der Waals surface area contributed by atoms with Crippen LogP contribution >= 0.6 is 11.8 Å². The fraction of sp³-hybridized carbons (Fsp3) is 0.278. The van der Waals surface area contributed by atoms with Crippen molar-refractivity contribution in [1.29, 1.82) is 0 Å². The molecule has 7 heteroatoms. The number of para-hydroxylation sites is 1. The molecule has 1 N–H and O–H groups in total. The monoisotopic (exact) mass is 354 g/mol. The van der Waals surface area contributed by atoms with Crippen molar-refractivity contribution in [2.24, 2.45) is 10.1 Å². The molecule has 128 valence electrons. The number of furan rings is 1. The first-order chi connectivity index (χ1) is 12.3. The molecule has 0 radical (unpaired) electrons. The molecular weight excluding hydrogens is 336 g/mol. The fourth-order valence-electron chi connectivity index (χ4n) is 2.83. The molecule has 2 aromatic rings. The summed E-state index contributed by atoms with van der Waals surface area (Å²) in [6, 6.07) is 11.3. The maximum absolute atomic E-state index is 12.8. The van der Waals surface area contributed by atoms with E-state index < -0.39 is 6.17 Å². The van der Waals surface area contributed by atoms with Crippen molar-refractivity contribution in [3.8, 4) is 0 Å². The van der Waals surface area contributed by atoms with Crippen LogP contribution in [-0.4, -0.2) is 21.8 Å². The van der Waals surface area contributed by atoms with Gasteiger partial charge in [0.05, 0.1) is 11.6 Å². The van der Waals surface area contributed by atoms with Gasteiger partial charge in [0, 0.05) is 11.0 Å². The Kier molecular flexibility index (Phi) is 4.31. The number of carbonyl (C=O) groups is 1. The van der Waals surface area contributed by atoms with E-state index >= 15 is 0 Å². The van der Waals surface area contributed by atoms with E-state index in [1.807, 2.05) is 36.4 Å². The summed E-state index contributed by atoms with van der Waals surface area (Å²) in [6.45, 7) is 2.14. The largest absolute Gasteiger partial charge is 0.465 e. The van der Waals surface area contributed by atoms with Crippen molar-refractivity contribution < 1.29 is 9.21 Å². The minimum absolute atomic E-state index is 0.159. The van der Waals surface area contributed by atoms with Crippen LogP contribution in [0.3, 0.4) is 0 Å². The minimum atomic E-state index is -0.479. The van der Waals surface area contributed by atoms with Crippen molar-refractivity contribution in [2.45, 2.75) is 25.9 Å². The lowest BCUT2D eigenvalue weighted by Gasteiger charge is -2.32. The molecule has 4 rings (SSSR count). The molecule has 1 unspecified atom stereocenters. The van der Waals surface area contributed by atoms with E-state index in [2.05, 4.69) is 17.3 Å². The van der Waals surface area contributed by atoms with Gasteiger partial charge in [-0.3, -0.25) is 10.1 Å². The normalized spacial score (nSPS) is 18.8. The molecule has 1 amide bonds. The number of amides is 1. The van der Waals surface area contributed by atoms with Crippen molar-refractivity contribution in [2.75, 3.05) is 5.75 Å². The highest BCUT2D eigenvalue weighted by atomic mass is 32.2. The highest BCUT2D eigenvalue weighted by molar-refractivity contribution is 8.13. The number of nitrogens with zero attached hydrogens (tertiary/aromatic N) is 3. The first kappa shape index (κ1) is 16.0. The van der Waals surface area contributed by atoms with E-state index in [4.69, 9.17) is 9.41 Å². The number of carbonyl (C=O) groups excluding carboxylic acids is 1. The van der Waals surface area contributed by atoms with E-state index in [1.54, 1.807) is 23.0 Å². The summed E-state index contributed by atoms with van der Waals surface area (Å²) in [6.07, 6.45) is 3.31. The fourth-order valence-corrected chi connectivity index (χ4v) is 3.77. The topological polar surface area (TPSA) is 70.2 Å². The van der Waals surface area contributed by atoms with Gasteiger partial charge in [0.15, 0.2) is 5.17 Å². The Bertz CT molecular complexity index is 936. The van der Waals surface area contributed by atoms with E-state index in [0.29, 0.717) is 16.6 Å². The second kappa shape index (κ2) is 6.76. The highest BCUT2D eigenvalue weighted by Gasteiger charge is 2.35. The number of benzene rings is 1. The van der Waals surface area contributed by atoms with Gasteiger partial charge in [0.2, 0.25) is 6.17 Å². The second-order valence-corrected chi connectivity index (χ2v) is 6.87. The van der Waals surface area contributed by atoms with Crippen molar-refractivity contribution >= 4 is 28.5 Å². The van der Waals surface area contributed by atoms with Gasteiger partial charge in [-0.05, 0) is 24.6 Å². The molecule has 1 atom stereocenters. The van der Waals surface area contributed by atoms with Crippen LogP contribution in [0, 0.1) is 0 Å². The molecule has 0 saturated heterocycles. The highest BCUT2D eigenvalue weighted by Crippen LogP contribution is 2.30. The number of unbranched alkanes of at least 4 members (excludes halogenated alkanes) is 1. The second-order valence-electron chi connectivity index (χ2n) is 5.79. The molecular formula is C18H18N4O2S. The number of hydrazone groups is 1. The molecule has 0 saturated carbocycles. The number of fused-ring (bicyclic) bond motifs is 2. The van der Waals surface area contributed by atoms with E-state index in [-0.39, 0.29) is 5.91 Å². The van der Waals surface area contributed by atoms with Crippen LogP contribution in [0.15, 0.2) is 57.2 Å². The molecule has 3 heterocycles. The van der Waals surface area contributed by atoms with Crippen LogP contribution in [0.25, 0.3) is 5.70 Å². The first-order valence-corrected chi connectivity index (χ1v) is 9.29. The van der Waals surface area contributed by atoms with Crippen LogP contribution < -0.4 is 15.9 Å². The molecule has 1 aromatic heterocycles. The van der Waals surface area contributed by atoms with Crippen molar-refractivity contribution in [3.63, 3.8) is 0 Å². The zero-order valence-corrected chi connectivity index (χ0v) is 14.6. The third kappa shape index (κ3) is 2.95. The maximum atomic E-state index is 12.8. The quantitative estimate of drug-likeness (QED) is 0.852. The summed E-state index contributed by atoms with van der Waals surface area (Å²) in [7, 11) is 0. The molecule has 25 heavy (non-hydrogen) atoms. The Morgan fingerprint density at radius 2 is 2.16 bits per heavy atom. The standard InChI is InChI=1S/C18H18N4O2S/c1-2-3-11-25-18-20-17(23)15-12-7-4-5-8-13(12)19-16(22(15)21-18)14-9-6-10-24-14/h4-10,16H,2-3,11H2,1H3,(H,20,21,23).